The molecule has 0 bridgehead atoms. The monoisotopic (exact) mass is 353 g/mol. The van der Waals surface area contributed by atoms with E-state index in [0.29, 0.717) is 0 Å². The number of carbonyl (C=O) groups is 1. The van der Waals surface area contributed by atoms with Gasteiger partial charge in [0.25, 0.3) is 0 Å². The molecule has 1 aromatic heterocycles. The first-order chi connectivity index (χ1) is 9.20. The van der Waals surface area contributed by atoms with Crippen LogP contribution in [0.1, 0.15) is 16.2 Å². The van der Waals surface area contributed by atoms with Gasteiger partial charge in [-0.05, 0) is 34.1 Å². The van der Waals surface area contributed by atoms with Gasteiger partial charge in [-0.1, -0.05) is 0 Å². The Hall–Kier alpha value is -1.90. The number of aromatic nitrogens is 1. The molecule has 1 heterocycles. The number of rotatable bonds is 2. The van der Waals surface area contributed by atoms with E-state index < -0.39 is 35.3 Å². The van der Waals surface area contributed by atoms with Crippen molar-refractivity contribution in [3.05, 3.63) is 39.9 Å². The Kier molecular flexibility index (Phi) is 3.55. The maximum absolute atomic E-state index is 13.0. The summed E-state index contributed by atoms with van der Waals surface area (Å²) >= 11 is 2.85. The molecule has 0 radical (unpaired) electrons. The summed E-state index contributed by atoms with van der Waals surface area (Å²) in [5, 5.41) is 8.68. The zero-order valence-corrected chi connectivity index (χ0v) is 10.9. The molecule has 2 aromatic rings. The van der Waals surface area contributed by atoms with Gasteiger partial charge in [-0.15, -0.1) is 0 Å². The predicted octanol–water partition coefficient (Wildman–Crippen LogP) is 3.96. The standard InChI is InChI=1S/C11H4BrF4NO3/c12-5-3-4(1-2-6(5)13)9-17-8(11(14,15)16)7(20-9)10(18)19/h1-3H,(H,18,19). The number of halogens is 5. The summed E-state index contributed by atoms with van der Waals surface area (Å²) < 4.78 is 55.5. The zero-order valence-electron chi connectivity index (χ0n) is 9.33. The van der Waals surface area contributed by atoms with Crippen LogP contribution in [-0.4, -0.2) is 16.1 Å². The molecule has 2 rings (SSSR count). The summed E-state index contributed by atoms with van der Waals surface area (Å²) in [6.45, 7) is 0. The van der Waals surface area contributed by atoms with Crippen molar-refractivity contribution in [2.75, 3.05) is 0 Å². The van der Waals surface area contributed by atoms with E-state index in [1.54, 1.807) is 0 Å². The highest BCUT2D eigenvalue weighted by molar-refractivity contribution is 9.10. The van der Waals surface area contributed by atoms with Crippen LogP contribution in [0.3, 0.4) is 0 Å². The first-order valence-corrected chi connectivity index (χ1v) is 5.76. The van der Waals surface area contributed by atoms with E-state index in [2.05, 4.69) is 25.3 Å². The van der Waals surface area contributed by atoms with E-state index in [0.717, 1.165) is 18.2 Å². The molecule has 106 valence electrons. The molecule has 20 heavy (non-hydrogen) atoms. The number of hydrogen-bond donors (Lipinski definition) is 1. The Labute approximate surface area is 117 Å². The van der Waals surface area contributed by atoms with E-state index in [1.807, 2.05) is 0 Å². The van der Waals surface area contributed by atoms with Crippen LogP contribution in [0, 0.1) is 5.82 Å². The smallest absolute Gasteiger partial charge is 0.437 e. The third-order valence-corrected chi connectivity index (χ3v) is 2.86. The second-order valence-electron chi connectivity index (χ2n) is 3.63. The lowest BCUT2D eigenvalue weighted by atomic mass is 10.2. The topological polar surface area (TPSA) is 63.3 Å². The largest absolute Gasteiger partial charge is 0.475 e. The lowest BCUT2D eigenvalue weighted by Gasteiger charge is -2.00. The molecular formula is C11H4BrF4NO3. The van der Waals surface area contributed by atoms with Crippen molar-refractivity contribution in [1.29, 1.82) is 0 Å². The average molecular weight is 354 g/mol. The van der Waals surface area contributed by atoms with Gasteiger partial charge >= 0.3 is 12.1 Å². The fourth-order valence-electron chi connectivity index (χ4n) is 1.41. The quantitative estimate of drug-likeness (QED) is 0.830. The molecule has 0 fully saturated rings. The van der Waals surface area contributed by atoms with Crippen molar-refractivity contribution in [2.45, 2.75) is 6.18 Å². The minimum absolute atomic E-state index is 0.0104. The zero-order chi connectivity index (χ0) is 15.1. The number of carboxylic acids is 1. The molecule has 0 aliphatic carbocycles. The average Bonchev–Trinajstić information content (AvgIpc) is 2.77. The summed E-state index contributed by atoms with van der Waals surface area (Å²) in [4.78, 5) is 13.9. The summed E-state index contributed by atoms with van der Waals surface area (Å²) in [6.07, 6.45) is -4.97. The van der Waals surface area contributed by atoms with Gasteiger partial charge in [0.15, 0.2) is 5.69 Å². The first kappa shape index (κ1) is 14.5. The maximum atomic E-state index is 13.0. The number of nitrogens with zero attached hydrogens (tertiary/aromatic N) is 1. The number of aromatic carboxylic acids is 1. The maximum Gasteiger partial charge on any atom is 0.437 e. The molecule has 1 aromatic carbocycles. The summed E-state index contributed by atoms with van der Waals surface area (Å²) in [6, 6.07) is 3.24. The summed E-state index contributed by atoms with van der Waals surface area (Å²) in [7, 11) is 0. The highest BCUT2D eigenvalue weighted by Gasteiger charge is 2.41. The second kappa shape index (κ2) is 4.89. The highest BCUT2D eigenvalue weighted by atomic mass is 79.9. The molecule has 0 spiro atoms. The van der Waals surface area contributed by atoms with Crippen LogP contribution in [0.2, 0.25) is 0 Å². The normalized spacial score (nSPS) is 11.7. The van der Waals surface area contributed by atoms with Crippen LogP contribution in [-0.2, 0) is 6.18 Å². The van der Waals surface area contributed by atoms with E-state index in [4.69, 9.17) is 5.11 Å². The molecule has 9 heteroatoms. The van der Waals surface area contributed by atoms with Crippen molar-refractivity contribution in [2.24, 2.45) is 0 Å². The Balaban J connectivity index is 2.58. The van der Waals surface area contributed by atoms with E-state index >= 15 is 0 Å². The van der Waals surface area contributed by atoms with Crippen LogP contribution in [0.25, 0.3) is 11.5 Å². The number of alkyl halides is 3. The molecule has 0 aliphatic heterocycles. The van der Waals surface area contributed by atoms with Gasteiger partial charge in [-0.25, -0.2) is 14.2 Å². The Morgan fingerprint density at radius 3 is 2.45 bits per heavy atom. The number of hydrogen-bond acceptors (Lipinski definition) is 3. The van der Waals surface area contributed by atoms with Crippen molar-refractivity contribution >= 4 is 21.9 Å². The van der Waals surface area contributed by atoms with Gasteiger partial charge in [0.2, 0.25) is 11.7 Å². The molecular weight excluding hydrogens is 350 g/mol. The van der Waals surface area contributed by atoms with Crippen molar-refractivity contribution < 1.29 is 31.9 Å². The van der Waals surface area contributed by atoms with Gasteiger partial charge in [0, 0.05) is 5.56 Å². The molecule has 1 N–H and O–H groups in total. The third-order valence-electron chi connectivity index (χ3n) is 2.26. The first-order valence-electron chi connectivity index (χ1n) is 4.97. The Morgan fingerprint density at radius 2 is 2.00 bits per heavy atom. The number of carboxylic acid groups (broad SMARTS) is 1. The molecule has 0 saturated heterocycles. The lowest BCUT2D eigenvalue weighted by Crippen LogP contribution is -2.11. The van der Waals surface area contributed by atoms with Gasteiger partial charge in [-0.2, -0.15) is 13.2 Å². The van der Waals surface area contributed by atoms with Crippen LogP contribution in [0.4, 0.5) is 17.6 Å². The lowest BCUT2D eigenvalue weighted by molar-refractivity contribution is -0.141. The molecule has 0 unspecified atom stereocenters. The van der Waals surface area contributed by atoms with Crippen molar-refractivity contribution in [3.8, 4) is 11.5 Å². The predicted molar refractivity (Wildman–Crippen MR) is 61.6 cm³/mol. The van der Waals surface area contributed by atoms with E-state index in [9.17, 15) is 22.4 Å². The highest BCUT2D eigenvalue weighted by Crippen LogP contribution is 2.35. The van der Waals surface area contributed by atoms with Crippen LogP contribution in [0.15, 0.2) is 27.1 Å². The van der Waals surface area contributed by atoms with Crippen LogP contribution in [0.5, 0.6) is 0 Å². The number of oxazole rings is 1. The van der Waals surface area contributed by atoms with E-state index in [1.165, 1.54) is 0 Å². The Morgan fingerprint density at radius 1 is 1.35 bits per heavy atom. The van der Waals surface area contributed by atoms with Crippen molar-refractivity contribution in [1.82, 2.24) is 4.98 Å². The fourth-order valence-corrected chi connectivity index (χ4v) is 1.79. The Bertz CT molecular complexity index is 681. The van der Waals surface area contributed by atoms with E-state index in [-0.39, 0.29) is 10.0 Å². The molecule has 0 saturated carbocycles. The molecule has 0 atom stereocenters. The fraction of sp³-hybridized carbons (Fsp3) is 0.0909. The van der Waals surface area contributed by atoms with Gasteiger partial charge in [-0.3, -0.25) is 0 Å². The van der Waals surface area contributed by atoms with Crippen LogP contribution >= 0.6 is 15.9 Å². The third kappa shape index (κ3) is 2.67. The molecule has 4 nitrogen and oxygen atoms in total. The van der Waals surface area contributed by atoms with Gasteiger partial charge in [0.05, 0.1) is 4.47 Å². The minimum atomic E-state index is -4.97. The molecule has 0 amide bonds. The summed E-state index contributed by atoms with van der Waals surface area (Å²) in [5.74, 6) is -4.39. The SMILES string of the molecule is O=C(O)c1oc(-c2ccc(F)c(Br)c2)nc1C(F)(F)F. The van der Waals surface area contributed by atoms with Crippen molar-refractivity contribution in [3.63, 3.8) is 0 Å². The summed E-state index contributed by atoms with van der Waals surface area (Å²) in [5.41, 5.74) is -1.63. The second-order valence-corrected chi connectivity index (χ2v) is 4.48. The van der Waals surface area contributed by atoms with Crippen LogP contribution < -0.4 is 0 Å². The molecule has 0 aliphatic rings. The minimum Gasteiger partial charge on any atom is -0.475 e. The number of benzene rings is 1. The van der Waals surface area contributed by atoms with Gasteiger partial charge in [0.1, 0.15) is 5.82 Å². The van der Waals surface area contributed by atoms with Gasteiger partial charge < -0.3 is 9.52 Å².